The van der Waals surface area contributed by atoms with Gasteiger partial charge in [0.25, 0.3) is 0 Å². The predicted octanol–water partition coefficient (Wildman–Crippen LogP) is 3.54. The Labute approximate surface area is 92.6 Å². The second-order valence-electron chi connectivity index (χ2n) is 4.10. The lowest BCUT2D eigenvalue weighted by molar-refractivity contribution is 0.414. The van der Waals surface area contributed by atoms with Crippen molar-refractivity contribution in [2.45, 2.75) is 33.2 Å². The minimum absolute atomic E-state index is 0.501. The molecule has 2 heteroatoms. The molecule has 0 unspecified atom stereocenters. The highest BCUT2D eigenvalue weighted by atomic mass is 16.5. The molecule has 0 spiro atoms. The van der Waals surface area contributed by atoms with Crippen LogP contribution in [0.1, 0.15) is 27.2 Å². The SMILES string of the molecule is CC[C@H](Nc1ccccc1OC)C(C)C. The topological polar surface area (TPSA) is 21.3 Å². The Bertz CT molecular complexity index is 296. The molecule has 1 atom stereocenters. The minimum atomic E-state index is 0.501. The summed E-state index contributed by atoms with van der Waals surface area (Å²) in [5.41, 5.74) is 1.08. The Kier molecular flexibility index (Phi) is 4.47. The zero-order valence-electron chi connectivity index (χ0n) is 10.1. The van der Waals surface area contributed by atoms with Crippen LogP contribution in [-0.4, -0.2) is 13.2 Å². The number of benzene rings is 1. The lowest BCUT2D eigenvalue weighted by Gasteiger charge is -2.23. The molecule has 0 aliphatic heterocycles. The second-order valence-corrected chi connectivity index (χ2v) is 4.10. The van der Waals surface area contributed by atoms with Gasteiger partial charge in [0.1, 0.15) is 5.75 Å². The van der Waals surface area contributed by atoms with E-state index < -0.39 is 0 Å². The van der Waals surface area contributed by atoms with E-state index in [9.17, 15) is 0 Å². The zero-order chi connectivity index (χ0) is 11.3. The molecule has 0 saturated heterocycles. The highest BCUT2D eigenvalue weighted by Gasteiger charge is 2.12. The maximum absolute atomic E-state index is 5.31. The quantitative estimate of drug-likeness (QED) is 0.797. The number of anilines is 1. The van der Waals surface area contributed by atoms with Crippen LogP contribution in [0.2, 0.25) is 0 Å². The third kappa shape index (κ3) is 3.15. The van der Waals surface area contributed by atoms with Crippen molar-refractivity contribution in [1.82, 2.24) is 0 Å². The summed E-state index contributed by atoms with van der Waals surface area (Å²) in [7, 11) is 1.71. The van der Waals surface area contributed by atoms with Crippen LogP contribution >= 0.6 is 0 Å². The molecule has 0 amide bonds. The second kappa shape index (κ2) is 5.64. The first-order chi connectivity index (χ1) is 7.19. The van der Waals surface area contributed by atoms with E-state index in [2.05, 4.69) is 32.2 Å². The van der Waals surface area contributed by atoms with Gasteiger partial charge in [0.15, 0.2) is 0 Å². The van der Waals surface area contributed by atoms with Crippen LogP contribution in [0.5, 0.6) is 5.75 Å². The molecule has 1 aromatic rings. The van der Waals surface area contributed by atoms with Crippen molar-refractivity contribution in [1.29, 1.82) is 0 Å². The summed E-state index contributed by atoms with van der Waals surface area (Å²) in [5, 5.41) is 3.52. The Hall–Kier alpha value is -1.18. The lowest BCUT2D eigenvalue weighted by Crippen LogP contribution is -2.24. The van der Waals surface area contributed by atoms with Crippen LogP contribution in [0.3, 0.4) is 0 Å². The van der Waals surface area contributed by atoms with Crippen LogP contribution in [0.15, 0.2) is 24.3 Å². The number of hydrogen-bond donors (Lipinski definition) is 1. The van der Waals surface area contributed by atoms with Crippen molar-refractivity contribution in [3.05, 3.63) is 24.3 Å². The summed E-state index contributed by atoms with van der Waals surface area (Å²) in [6.07, 6.45) is 1.12. The Morgan fingerprint density at radius 1 is 1.27 bits per heavy atom. The molecule has 1 rings (SSSR count). The highest BCUT2D eigenvalue weighted by Crippen LogP contribution is 2.25. The van der Waals surface area contributed by atoms with Crippen LogP contribution in [0, 0.1) is 5.92 Å². The van der Waals surface area contributed by atoms with Gasteiger partial charge in [-0.25, -0.2) is 0 Å². The summed E-state index contributed by atoms with van der Waals surface area (Å²) < 4.78 is 5.31. The molecule has 0 fully saturated rings. The fourth-order valence-electron chi connectivity index (χ4n) is 1.70. The van der Waals surface area contributed by atoms with Gasteiger partial charge in [-0.1, -0.05) is 32.9 Å². The Morgan fingerprint density at radius 2 is 1.93 bits per heavy atom. The standard InChI is InChI=1S/C13H21NO/c1-5-11(10(2)3)14-12-8-6-7-9-13(12)15-4/h6-11,14H,5H2,1-4H3/t11-/m0/s1. The van der Waals surface area contributed by atoms with Crippen molar-refractivity contribution in [2.75, 3.05) is 12.4 Å². The van der Waals surface area contributed by atoms with Gasteiger partial charge in [-0.15, -0.1) is 0 Å². The summed E-state index contributed by atoms with van der Waals surface area (Å²) >= 11 is 0. The smallest absolute Gasteiger partial charge is 0.141 e. The van der Waals surface area contributed by atoms with Gasteiger partial charge in [0.05, 0.1) is 12.8 Å². The average molecular weight is 207 g/mol. The molecule has 0 saturated carbocycles. The number of ether oxygens (including phenoxy) is 1. The van der Waals surface area contributed by atoms with Gasteiger partial charge in [-0.3, -0.25) is 0 Å². The van der Waals surface area contributed by atoms with E-state index in [1.165, 1.54) is 0 Å². The van der Waals surface area contributed by atoms with Gasteiger partial charge >= 0.3 is 0 Å². The minimum Gasteiger partial charge on any atom is -0.495 e. The maximum Gasteiger partial charge on any atom is 0.141 e. The molecule has 0 aliphatic rings. The summed E-state index contributed by atoms with van der Waals surface area (Å²) in [6, 6.07) is 8.55. The molecule has 0 heterocycles. The summed E-state index contributed by atoms with van der Waals surface area (Å²) in [4.78, 5) is 0. The Balaban J connectivity index is 2.78. The van der Waals surface area contributed by atoms with E-state index in [1.807, 2.05) is 18.2 Å². The molecule has 0 aliphatic carbocycles. The molecular weight excluding hydrogens is 186 g/mol. The van der Waals surface area contributed by atoms with Crippen LogP contribution < -0.4 is 10.1 Å². The first-order valence-corrected chi connectivity index (χ1v) is 5.58. The number of para-hydroxylation sites is 2. The maximum atomic E-state index is 5.31. The molecule has 84 valence electrons. The molecule has 2 nitrogen and oxygen atoms in total. The van der Waals surface area contributed by atoms with Crippen molar-refractivity contribution >= 4 is 5.69 Å². The molecular formula is C13H21NO. The number of rotatable bonds is 5. The third-order valence-corrected chi connectivity index (χ3v) is 2.69. The average Bonchev–Trinajstić information content (AvgIpc) is 2.25. The number of nitrogens with one attached hydrogen (secondary N) is 1. The largest absolute Gasteiger partial charge is 0.495 e. The van der Waals surface area contributed by atoms with Crippen LogP contribution in [0.4, 0.5) is 5.69 Å². The molecule has 1 N–H and O–H groups in total. The molecule has 15 heavy (non-hydrogen) atoms. The lowest BCUT2D eigenvalue weighted by atomic mass is 10.0. The molecule has 0 aromatic heterocycles. The molecule has 0 radical (unpaired) electrons. The van der Waals surface area contributed by atoms with Gasteiger partial charge in [0.2, 0.25) is 0 Å². The van der Waals surface area contributed by atoms with Gasteiger partial charge in [-0.05, 0) is 24.5 Å². The van der Waals surface area contributed by atoms with Crippen LogP contribution in [0.25, 0.3) is 0 Å². The first-order valence-electron chi connectivity index (χ1n) is 5.58. The van der Waals surface area contributed by atoms with Gasteiger partial charge in [-0.2, -0.15) is 0 Å². The normalized spacial score (nSPS) is 12.6. The predicted molar refractivity (Wildman–Crippen MR) is 65.5 cm³/mol. The zero-order valence-corrected chi connectivity index (χ0v) is 10.1. The Morgan fingerprint density at radius 3 is 2.47 bits per heavy atom. The summed E-state index contributed by atoms with van der Waals surface area (Å²) in [5.74, 6) is 1.54. The van der Waals surface area contributed by atoms with Crippen molar-refractivity contribution < 1.29 is 4.74 Å². The van der Waals surface area contributed by atoms with E-state index in [4.69, 9.17) is 4.74 Å². The number of hydrogen-bond acceptors (Lipinski definition) is 2. The fourth-order valence-corrected chi connectivity index (χ4v) is 1.70. The van der Waals surface area contributed by atoms with E-state index in [-0.39, 0.29) is 0 Å². The first kappa shape index (κ1) is 11.9. The van der Waals surface area contributed by atoms with Crippen molar-refractivity contribution in [3.63, 3.8) is 0 Å². The van der Waals surface area contributed by atoms with Gasteiger partial charge < -0.3 is 10.1 Å². The van der Waals surface area contributed by atoms with Crippen LogP contribution in [-0.2, 0) is 0 Å². The molecule has 0 bridgehead atoms. The number of methoxy groups -OCH3 is 1. The van der Waals surface area contributed by atoms with E-state index >= 15 is 0 Å². The van der Waals surface area contributed by atoms with Crippen molar-refractivity contribution in [3.8, 4) is 5.75 Å². The van der Waals surface area contributed by atoms with Gasteiger partial charge in [0, 0.05) is 6.04 Å². The highest BCUT2D eigenvalue weighted by molar-refractivity contribution is 5.56. The van der Waals surface area contributed by atoms with E-state index in [0.29, 0.717) is 12.0 Å². The third-order valence-electron chi connectivity index (χ3n) is 2.69. The fraction of sp³-hybridized carbons (Fsp3) is 0.538. The summed E-state index contributed by atoms with van der Waals surface area (Å²) in [6.45, 7) is 6.67. The van der Waals surface area contributed by atoms with E-state index in [1.54, 1.807) is 7.11 Å². The van der Waals surface area contributed by atoms with Crippen molar-refractivity contribution in [2.24, 2.45) is 5.92 Å². The molecule has 1 aromatic carbocycles. The monoisotopic (exact) mass is 207 g/mol. The van der Waals surface area contributed by atoms with E-state index in [0.717, 1.165) is 17.9 Å².